The van der Waals surface area contributed by atoms with Gasteiger partial charge in [0.1, 0.15) is 5.92 Å². The minimum Gasteiger partial charge on any atom is -0.273 e. The van der Waals surface area contributed by atoms with Crippen molar-refractivity contribution in [1.82, 2.24) is 4.98 Å². The van der Waals surface area contributed by atoms with Crippen molar-refractivity contribution in [2.24, 2.45) is 5.92 Å². The van der Waals surface area contributed by atoms with Crippen LogP contribution in [0.4, 0.5) is 11.4 Å². The minimum absolute atomic E-state index is 0.188. The fourth-order valence-electron chi connectivity index (χ4n) is 4.04. The predicted octanol–water partition coefficient (Wildman–Crippen LogP) is 4.44. The van der Waals surface area contributed by atoms with Crippen LogP contribution in [0.5, 0.6) is 0 Å². The number of nitrogens with zero attached hydrogens (tertiary/aromatic N) is 3. The third-order valence-corrected chi connectivity index (χ3v) is 5.94. The molecule has 2 aliphatic heterocycles. The van der Waals surface area contributed by atoms with E-state index in [0.29, 0.717) is 0 Å². The number of carbonyl (C=O) groups excluding carboxylic acids is 2. The van der Waals surface area contributed by atoms with Crippen LogP contribution in [0.3, 0.4) is 0 Å². The van der Waals surface area contributed by atoms with Gasteiger partial charge in [0.15, 0.2) is 6.10 Å². The second kappa shape index (κ2) is 7.40. The molecule has 8 heteroatoms. The Bertz CT molecular complexity index is 1110. The van der Waals surface area contributed by atoms with Crippen LogP contribution in [0.1, 0.15) is 11.6 Å². The number of aromatic nitrogens is 1. The molecule has 1 aromatic heterocycles. The number of imide groups is 1. The summed E-state index contributed by atoms with van der Waals surface area (Å²) in [6, 6.07) is 17.3. The Morgan fingerprint density at radius 1 is 0.833 bits per heavy atom. The molecule has 150 valence electrons. The second-order valence-corrected chi connectivity index (χ2v) is 7.84. The molecule has 0 N–H and O–H groups in total. The molecule has 3 aromatic rings. The lowest BCUT2D eigenvalue weighted by Crippen LogP contribution is -2.37. The number of rotatable bonds is 3. The number of carbonyl (C=O) groups is 2. The fourth-order valence-corrected chi connectivity index (χ4v) is 4.60. The number of hydrogen-bond donors (Lipinski definition) is 0. The van der Waals surface area contributed by atoms with E-state index in [1.807, 2.05) is 42.5 Å². The molecule has 3 atom stereocenters. The molecule has 3 heterocycles. The van der Waals surface area contributed by atoms with Crippen LogP contribution in [-0.2, 0) is 14.4 Å². The number of amides is 2. The van der Waals surface area contributed by atoms with E-state index in [0.717, 1.165) is 16.2 Å². The highest BCUT2D eigenvalue weighted by Crippen LogP contribution is 2.49. The average molecular weight is 440 g/mol. The van der Waals surface area contributed by atoms with Crippen LogP contribution in [-0.4, -0.2) is 22.9 Å². The molecule has 0 bridgehead atoms. The molecule has 5 rings (SSSR count). The van der Waals surface area contributed by atoms with Crippen molar-refractivity contribution < 1.29 is 14.4 Å². The first kappa shape index (κ1) is 19.1. The number of halogens is 2. The SMILES string of the molecule is O=C1[C@H]2[C@@H](c3ccncc3)N(c3ccccc3)O[C@H]2C(=O)N1c1c(Cl)cccc1Cl. The zero-order valence-electron chi connectivity index (χ0n) is 15.5. The van der Waals surface area contributed by atoms with E-state index >= 15 is 0 Å². The maximum absolute atomic E-state index is 13.5. The summed E-state index contributed by atoms with van der Waals surface area (Å²) in [5, 5.41) is 2.08. The highest BCUT2D eigenvalue weighted by molar-refractivity contribution is 6.42. The highest BCUT2D eigenvalue weighted by Gasteiger charge is 2.60. The van der Waals surface area contributed by atoms with Crippen molar-refractivity contribution in [3.63, 3.8) is 0 Å². The van der Waals surface area contributed by atoms with Gasteiger partial charge in [-0.05, 0) is 42.0 Å². The first-order valence-corrected chi connectivity index (χ1v) is 10.1. The third kappa shape index (κ3) is 2.88. The van der Waals surface area contributed by atoms with Crippen molar-refractivity contribution in [1.29, 1.82) is 0 Å². The van der Waals surface area contributed by atoms with Crippen molar-refractivity contribution in [3.8, 4) is 0 Å². The molecule has 0 aliphatic carbocycles. The van der Waals surface area contributed by atoms with Crippen LogP contribution in [0, 0.1) is 5.92 Å². The number of anilines is 2. The summed E-state index contributed by atoms with van der Waals surface area (Å²) in [5.74, 6) is -1.65. The zero-order chi connectivity index (χ0) is 20.8. The quantitative estimate of drug-likeness (QED) is 0.564. The Hall–Kier alpha value is -2.93. The van der Waals surface area contributed by atoms with Crippen molar-refractivity contribution in [2.45, 2.75) is 12.1 Å². The Balaban J connectivity index is 1.61. The average Bonchev–Trinajstić information content (AvgIpc) is 3.27. The van der Waals surface area contributed by atoms with Crippen LogP contribution < -0.4 is 9.96 Å². The van der Waals surface area contributed by atoms with E-state index in [4.69, 9.17) is 28.0 Å². The van der Waals surface area contributed by atoms with Gasteiger partial charge in [0.25, 0.3) is 5.91 Å². The minimum atomic E-state index is -0.983. The van der Waals surface area contributed by atoms with Gasteiger partial charge < -0.3 is 0 Å². The van der Waals surface area contributed by atoms with Gasteiger partial charge in [-0.15, -0.1) is 0 Å². The summed E-state index contributed by atoms with van der Waals surface area (Å²) >= 11 is 12.6. The molecule has 0 radical (unpaired) electrons. The number of benzene rings is 2. The van der Waals surface area contributed by atoms with Gasteiger partial charge in [-0.3, -0.25) is 19.4 Å². The molecule has 2 aromatic carbocycles. The summed E-state index contributed by atoms with van der Waals surface area (Å²) < 4.78 is 0. The summed E-state index contributed by atoms with van der Waals surface area (Å²) in [6.45, 7) is 0. The molecule has 2 saturated heterocycles. The topological polar surface area (TPSA) is 62.7 Å². The number of pyridine rings is 1. The summed E-state index contributed by atoms with van der Waals surface area (Å²) in [4.78, 5) is 38.0. The molecule has 6 nitrogen and oxygen atoms in total. The maximum atomic E-state index is 13.5. The lowest BCUT2D eigenvalue weighted by atomic mass is 9.91. The number of hydrogen-bond acceptors (Lipinski definition) is 5. The Kier molecular flexibility index (Phi) is 4.70. The normalized spacial score (nSPS) is 23.2. The van der Waals surface area contributed by atoms with E-state index < -0.39 is 29.9 Å². The van der Waals surface area contributed by atoms with Gasteiger partial charge in [0, 0.05) is 12.4 Å². The van der Waals surface area contributed by atoms with E-state index in [2.05, 4.69) is 4.98 Å². The zero-order valence-corrected chi connectivity index (χ0v) is 17.0. The van der Waals surface area contributed by atoms with E-state index in [1.165, 1.54) is 0 Å². The molecule has 0 unspecified atom stereocenters. The summed E-state index contributed by atoms with van der Waals surface area (Å²) in [6.07, 6.45) is 2.31. The van der Waals surface area contributed by atoms with Crippen molar-refractivity contribution in [3.05, 3.63) is 88.7 Å². The summed E-state index contributed by atoms with van der Waals surface area (Å²) in [7, 11) is 0. The largest absolute Gasteiger partial charge is 0.273 e. The van der Waals surface area contributed by atoms with Gasteiger partial charge in [-0.2, -0.15) is 0 Å². The molecule has 2 fully saturated rings. The van der Waals surface area contributed by atoms with Gasteiger partial charge in [0.05, 0.1) is 27.5 Å². The molecule has 2 aliphatic rings. The molecular weight excluding hydrogens is 425 g/mol. The first-order chi connectivity index (χ1) is 14.6. The molecule has 0 spiro atoms. The standard InChI is InChI=1S/C22H15Cl2N3O3/c23-15-7-4-8-16(24)19(15)26-21(28)17-18(13-9-11-25-12-10-13)27(30-20(17)22(26)29)14-5-2-1-3-6-14/h1-12,17-18,20H/t17-,18+,20+/m0/s1. The maximum Gasteiger partial charge on any atom is 0.266 e. The Morgan fingerprint density at radius 3 is 2.17 bits per heavy atom. The van der Waals surface area contributed by atoms with Crippen LogP contribution >= 0.6 is 23.2 Å². The summed E-state index contributed by atoms with van der Waals surface area (Å²) in [5.41, 5.74) is 1.75. The van der Waals surface area contributed by atoms with Gasteiger partial charge in [-0.1, -0.05) is 47.5 Å². The number of para-hydroxylation sites is 2. The fraction of sp³-hybridized carbons (Fsp3) is 0.136. The van der Waals surface area contributed by atoms with Crippen LogP contribution in [0.2, 0.25) is 10.0 Å². The molecule has 30 heavy (non-hydrogen) atoms. The smallest absolute Gasteiger partial charge is 0.266 e. The molecular formula is C22H15Cl2N3O3. The Labute approximate surface area is 182 Å². The predicted molar refractivity (Wildman–Crippen MR) is 113 cm³/mol. The lowest BCUT2D eigenvalue weighted by molar-refractivity contribution is -0.126. The van der Waals surface area contributed by atoms with E-state index in [9.17, 15) is 9.59 Å². The van der Waals surface area contributed by atoms with Crippen LogP contribution in [0.15, 0.2) is 73.1 Å². The molecule has 0 saturated carbocycles. The first-order valence-electron chi connectivity index (χ1n) is 9.30. The monoisotopic (exact) mass is 439 g/mol. The van der Waals surface area contributed by atoms with Crippen molar-refractivity contribution in [2.75, 3.05) is 9.96 Å². The van der Waals surface area contributed by atoms with E-state index in [-0.39, 0.29) is 15.7 Å². The van der Waals surface area contributed by atoms with Crippen molar-refractivity contribution >= 4 is 46.4 Å². The van der Waals surface area contributed by atoms with Gasteiger partial charge >= 0.3 is 0 Å². The third-order valence-electron chi connectivity index (χ3n) is 5.33. The number of hydroxylamine groups is 1. The van der Waals surface area contributed by atoms with E-state index in [1.54, 1.807) is 35.7 Å². The highest BCUT2D eigenvalue weighted by atomic mass is 35.5. The van der Waals surface area contributed by atoms with Gasteiger partial charge in [0.2, 0.25) is 5.91 Å². The Morgan fingerprint density at radius 2 is 1.50 bits per heavy atom. The van der Waals surface area contributed by atoms with Crippen LogP contribution in [0.25, 0.3) is 0 Å². The second-order valence-electron chi connectivity index (χ2n) is 7.02. The molecule has 2 amide bonds. The lowest BCUT2D eigenvalue weighted by Gasteiger charge is -2.29. The number of fused-ring (bicyclic) bond motifs is 1. The van der Waals surface area contributed by atoms with Gasteiger partial charge in [-0.25, -0.2) is 9.96 Å².